The van der Waals surface area contributed by atoms with Crippen molar-refractivity contribution in [2.24, 2.45) is 5.73 Å². The standard InChI is InChI=1S/C14H19ClN2O2.ClH/c15-10-1-5-12(6-2-10)17-14(18)9-19-13-7-3-11(16)4-8-13;/h1-2,5-6,11,13H,3-4,7-9,16H2,(H,17,18);1H. The zero-order valence-electron chi connectivity index (χ0n) is 11.2. The average molecular weight is 319 g/mol. The monoisotopic (exact) mass is 318 g/mol. The van der Waals surface area contributed by atoms with Gasteiger partial charge in [-0.1, -0.05) is 11.6 Å². The molecule has 6 heteroatoms. The second kappa shape index (κ2) is 8.47. The number of ether oxygens (including phenoxy) is 1. The minimum Gasteiger partial charge on any atom is -0.368 e. The first-order valence-corrected chi connectivity index (χ1v) is 6.94. The maximum Gasteiger partial charge on any atom is 0.250 e. The second-order valence-electron chi connectivity index (χ2n) is 4.90. The molecule has 4 nitrogen and oxygen atoms in total. The number of benzene rings is 1. The molecular formula is C14H20Cl2N2O2. The molecule has 112 valence electrons. The second-order valence-corrected chi connectivity index (χ2v) is 5.34. The zero-order valence-corrected chi connectivity index (χ0v) is 12.8. The fourth-order valence-electron chi connectivity index (χ4n) is 2.18. The molecule has 1 aromatic rings. The summed E-state index contributed by atoms with van der Waals surface area (Å²) < 4.78 is 5.60. The van der Waals surface area contributed by atoms with Crippen LogP contribution < -0.4 is 11.1 Å². The Bertz CT molecular complexity index is 418. The van der Waals surface area contributed by atoms with Crippen LogP contribution in [-0.4, -0.2) is 24.7 Å². The summed E-state index contributed by atoms with van der Waals surface area (Å²) >= 11 is 5.78. The Morgan fingerprint density at radius 1 is 1.25 bits per heavy atom. The molecule has 1 aromatic carbocycles. The maximum atomic E-state index is 11.7. The third-order valence-corrected chi connectivity index (χ3v) is 3.55. The van der Waals surface area contributed by atoms with Crippen LogP contribution in [-0.2, 0) is 9.53 Å². The van der Waals surface area contributed by atoms with E-state index in [1.165, 1.54) is 0 Å². The highest BCUT2D eigenvalue weighted by Crippen LogP contribution is 2.19. The summed E-state index contributed by atoms with van der Waals surface area (Å²) in [6.07, 6.45) is 3.99. The van der Waals surface area contributed by atoms with Gasteiger partial charge in [-0.2, -0.15) is 0 Å². The molecule has 0 aliphatic heterocycles. The van der Waals surface area contributed by atoms with Crippen LogP contribution in [0.5, 0.6) is 0 Å². The van der Waals surface area contributed by atoms with Gasteiger partial charge in [0.1, 0.15) is 6.61 Å². The molecule has 0 spiro atoms. The van der Waals surface area contributed by atoms with Crippen molar-refractivity contribution in [1.82, 2.24) is 0 Å². The summed E-state index contributed by atoms with van der Waals surface area (Å²) in [5, 5.41) is 3.42. The van der Waals surface area contributed by atoms with Gasteiger partial charge in [-0.25, -0.2) is 0 Å². The van der Waals surface area contributed by atoms with E-state index in [0.29, 0.717) is 11.1 Å². The zero-order chi connectivity index (χ0) is 13.7. The van der Waals surface area contributed by atoms with Gasteiger partial charge in [0.05, 0.1) is 6.10 Å². The molecule has 3 N–H and O–H groups in total. The molecule has 1 saturated carbocycles. The van der Waals surface area contributed by atoms with Crippen molar-refractivity contribution in [2.45, 2.75) is 37.8 Å². The lowest BCUT2D eigenvalue weighted by Crippen LogP contribution is -2.32. The first kappa shape index (κ1) is 17.2. The van der Waals surface area contributed by atoms with Gasteiger partial charge in [-0.05, 0) is 49.9 Å². The van der Waals surface area contributed by atoms with Crippen LogP contribution in [0, 0.1) is 0 Å². The van der Waals surface area contributed by atoms with Gasteiger partial charge >= 0.3 is 0 Å². The first-order chi connectivity index (χ1) is 9.13. The predicted octanol–water partition coefficient (Wildman–Crippen LogP) is 2.99. The van der Waals surface area contributed by atoms with Gasteiger partial charge in [0.25, 0.3) is 0 Å². The van der Waals surface area contributed by atoms with Gasteiger partial charge in [0.15, 0.2) is 0 Å². The number of amides is 1. The van der Waals surface area contributed by atoms with E-state index in [9.17, 15) is 4.79 Å². The Labute approximate surface area is 130 Å². The lowest BCUT2D eigenvalue weighted by atomic mass is 9.94. The highest BCUT2D eigenvalue weighted by atomic mass is 35.5. The molecule has 20 heavy (non-hydrogen) atoms. The predicted molar refractivity (Wildman–Crippen MR) is 83.5 cm³/mol. The SMILES string of the molecule is Cl.NC1CCC(OCC(=O)Nc2ccc(Cl)cc2)CC1. The number of carbonyl (C=O) groups excluding carboxylic acids is 1. The van der Waals surface area contributed by atoms with E-state index in [1.807, 2.05) is 0 Å². The molecule has 1 aliphatic carbocycles. The van der Waals surface area contributed by atoms with Crippen LogP contribution >= 0.6 is 24.0 Å². The minimum absolute atomic E-state index is 0. The fourth-order valence-corrected chi connectivity index (χ4v) is 2.31. The van der Waals surface area contributed by atoms with Crippen molar-refractivity contribution in [3.63, 3.8) is 0 Å². The van der Waals surface area contributed by atoms with E-state index in [0.717, 1.165) is 31.4 Å². The van der Waals surface area contributed by atoms with Gasteiger partial charge < -0.3 is 15.8 Å². The summed E-state index contributed by atoms with van der Waals surface area (Å²) in [6, 6.07) is 7.30. The third-order valence-electron chi connectivity index (χ3n) is 3.30. The van der Waals surface area contributed by atoms with Crippen LogP contribution in [0.1, 0.15) is 25.7 Å². The number of halogens is 2. The molecule has 1 aliphatic rings. The van der Waals surface area contributed by atoms with Gasteiger partial charge in [0, 0.05) is 16.8 Å². The lowest BCUT2D eigenvalue weighted by molar-refractivity contribution is -0.123. The number of hydrogen-bond donors (Lipinski definition) is 2. The largest absolute Gasteiger partial charge is 0.368 e. The van der Waals surface area contributed by atoms with Gasteiger partial charge in [-0.3, -0.25) is 4.79 Å². The first-order valence-electron chi connectivity index (χ1n) is 6.56. The summed E-state index contributed by atoms with van der Waals surface area (Å²) in [5.74, 6) is -0.141. The topological polar surface area (TPSA) is 64.3 Å². The van der Waals surface area contributed by atoms with E-state index in [-0.39, 0.29) is 31.0 Å². The van der Waals surface area contributed by atoms with Gasteiger partial charge in [-0.15, -0.1) is 12.4 Å². The van der Waals surface area contributed by atoms with E-state index in [1.54, 1.807) is 24.3 Å². The maximum absolute atomic E-state index is 11.7. The molecule has 0 heterocycles. The number of nitrogens with one attached hydrogen (secondary N) is 1. The molecule has 1 amide bonds. The van der Waals surface area contributed by atoms with Crippen LogP contribution in [0.15, 0.2) is 24.3 Å². The summed E-state index contributed by atoms with van der Waals surface area (Å²) in [4.78, 5) is 11.7. The Hall–Kier alpha value is -0.810. The highest BCUT2D eigenvalue weighted by Gasteiger charge is 2.19. The number of rotatable bonds is 4. The van der Waals surface area contributed by atoms with Crippen LogP contribution in [0.4, 0.5) is 5.69 Å². The average Bonchev–Trinajstić information content (AvgIpc) is 2.41. The summed E-state index contributed by atoms with van der Waals surface area (Å²) in [7, 11) is 0. The molecule has 2 rings (SSSR count). The number of carbonyl (C=O) groups is 1. The Kier molecular flexibility index (Phi) is 7.30. The van der Waals surface area contributed by atoms with Crippen molar-refractivity contribution >= 4 is 35.6 Å². The van der Waals surface area contributed by atoms with Crippen molar-refractivity contribution in [3.8, 4) is 0 Å². The molecule has 0 aromatic heterocycles. The molecular weight excluding hydrogens is 299 g/mol. The number of nitrogens with two attached hydrogens (primary N) is 1. The normalized spacial score (nSPS) is 21.9. The van der Waals surface area contributed by atoms with Crippen LogP contribution in [0.25, 0.3) is 0 Å². The highest BCUT2D eigenvalue weighted by molar-refractivity contribution is 6.30. The fraction of sp³-hybridized carbons (Fsp3) is 0.500. The molecule has 0 saturated heterocycles. The van der Waals surface area contributed by atoms with E-state index < -0.39 is 0 Å². The van der Waals surface area contributed by atoms with Crippen molar-refractivity contribution in [2.75, 3.05) is 11.9 Å². The van der Waals surface area contributed by atoms with Crippen LogP contribution in [0.2, 0.25) is 5.02 Å². The Morgan fingerprint density at radius 2 is 1.85 bits per heavy atom. The smallest absolute Gasteiger partial charge is 0.250 e. The Balaban J connectivity index is 0.00000200. The molecule has 0 bridgehead atoms. The number of hydrogen-bond acceptors (Lipinski definition) is 3. The minimum atomic E-state index is -0.141. The molecule has 0 radical (unpaired) electrons. The van der Waals surface area contributed by atoms with E-state index in [4.69, 9.17) is 22.1 Å². The van der Waals surface area contributed by atoms with E-state index in [2.05, 4.69) is 5.32 Å². The molecule has 1 fully saturated rings. The summed E-state index contributed by atoms with van der Waals surface area (Å²) in [5.41, 5.74) is 6.55. The lowest BCUT2D eigenvalue weighted by Gasteiger charge is -2.25. The third kappa shape index (κ3) is 5.67. The summed E-state index contributed by atoms with van der Waals surface area (Å²) in [6.45, 7) is 0.0858. The Morgan fingerprint density at radius 3 is 2.45 bits per heavy atom. The van der Waals surface area contributed by atoms with Crippen molar-refractivity contribution in [1.29, 1.82) is 0 Å². The molecule has 0 atom stereocenters. The molecule has 0 unspecified atom stereocenters. The van der Waals surface area contributed by atoms with Crippen molar-refractivity contribution < 1.29 is 9.53 Å². The number of anilines is 1. The van der Waals surface area contributed by atoms with Crippen LogP contribution in [0.3, 0.4) is 0 Å². The van der Waals surface area contributed by atoms with Gasteiger partial charge in [0.2, 0.25) is 5.91 Å². The van der Waals surface area contributed by atoms with E-state index >= 15 is 0 Å². The van der Waals surface area contributed by atoms with Crippen molar-refractivity contribution in [3.05, 3.63) is 29.3 Å². The quantitative estimate of drug-likeness (QED) is 0.897.